The van der Waals surface area contributed by atoms with Crippen LogP contribution >= 0.6 is 0 Å². The maximum atomic E-state index is 12.5. The number of hydrogen-bond donors (Lipinski definition) is 3. The van der Waals surface area contributed by atoms with Crippen molar-refractivity contribution in [2.24, 2.45) is 0 Å². The Kier molecular flexibility index (Phi) is 3.87. The molecule has 3 N–H and O–H groups in total. The van der Waals surface area contributed by atoms with Crippen LogP contribution in [0.15, 0.2) is 24.3 Å². The van der Waals surface area contributed by atoms with Crippen LogP contribution in [-0.4, -0.2) is 42.4 Å². The third kappa shape index (κ3) is 2.76. The minimum atomic E-state index is -0.942. The van der Waals surface area contributed by atoms with E-state index in [1.54, 1.807) is 0 Å². The number of ether oxygens (including phenoxy) is 1. The van der Waals surface area contributed by atoms with Crippen LogP contribution in [0.3, 0.4) is 0 Å². The van der Waals surface area contributed by atoms with Gasteiger partial charge in [-0.15, -0.1) is 0 Å². The van der Waals surface area contributed by atoms with Crippen molar-refractivity contribution < 1.29 is 14.6 Å². The second-order valence-corrected chi connectivity index (χ2v) is 5.94. The zero-order valence-electron chi connectivity index (χ0n) is 12.3. The van der Waals surface area contributed by atoms with E-state index in [1.807, 2.05) is 31.2 Å². The van der Waals surface area contributed by atoms with E-state index in [0.717, 1.165) is 24.2 Å². The van der Waals surface area contributed by atoms with Crippen molar-refractivity contribution in [2.75, 3.05) is 25.0 Å². The highest BCUT2D eigenvalue weighted by molar-refractivity contribution is 5.86. The Morgan fingerprint density at radius 1 is 1.52 bits per heavy atom. The van der Waals surface area contributed by atoms with E-state index in [0.29, 0.717) is 13.0 Å². The van der Waals surface area contributed by atoms with E-state index in [2.05, 4.69) is 10.6 Å². The highest BCUT2D eigenvalue weighted by Crippen LogP contribution is 2.32. The summed E-state index contributed by atoms with van der Waals surface area (Å²) >= 11 is 0. The topological polar surface area (TPSA) is 70.6 Å². The lowest BCUT2D eigenvalue weighted by molar-refractivity contribution is -0.124. The highest BCUT2D eigenvalue weighted by Gasteiger charge is 2.40. The Balaban J connectivity index is 1.67. The lowest BCUT2D eigenvalue weighted by Gasteiger charge is -2.29. The molecule has 0 aromatic heterocycles. The van der Waals surface area contributed by atoms with Gasteiger partial charge >= 0.3 is 0 Å². The van der Waals surface area contributed by atoms with Crippen LogP contribution in [0.1, 0.15) is 31.2 Å². The average Bonchev–Trinajstić information content (AvgIpc) is 2.84. The quantitative estimate of drug-likeness (QED) is 0.783. The van der Waals surface area contributed by atoms with Gasteiger partial charge in [0.25, 0.3) is 0 Å². The normalized spacial score (nSPS) is 31.3. The second-order valence-electron chi connectivity index (χ2n) is 5.94. The Morgan fingerprint density at radius 3 is 3.10 bits per heavy atom. The zero-order chi connectivity index (χ0) is 14.9. The first-order valence-corrected chi connectivity index (χ1v) is 7.55. The Labute approximate surface area is 124 Å². The number of para-hydroxylation sites is 1. The Morgan fingerprint density at radius 2 is 2.33 bits per heavy atom. The molecule has 3 rings (SSSR count). The number of aliphatic hydroxyl groups is 1. The van der Waals surface area contributed by atoms with Crippen molar-refractivity contribution in [2.45, 2.75) is 37.4 Å². The van der Waals surface area contributed by atoms with Crippen LogP contribution in [0.25, 0.3) is 0 Å². The molecule has 3 unspecified atom stereocenters. The number of rotatable bonds is 3. The van der Waals surface area contributed by atoms with E-state index in [9.17, 15) is 9.90 Å². The molecule has 0 bridgehead atoms. The van der Waals surface area contributed by atoms with Gasteiger partial charge in [-0.3, -0.25) is 4.79 Å². The SMILES string of the molecule is CC1OCCC1(O)CNC(=O)C1CCNc2ccccc21. The highest BCUT2D eigenvalue weighted by atomic mass is 16.5. The summed E-state index contributed by atoms with van der Waals surface area (Å²) in [4.78, 5) is 12.5. The third-order valence-corrected chi connectivity index (χ3v) is 4.63. The molecule has 2 aliphatic rings. The summed E-state index contributed by atoms with van der Waals surface area (Å²) in [5.74, 6) is -0.167. The number of amides is 1. The summed E-state index contributed by atoms with van der Waals surface area (Å²) in [6.07, 6.45) is 1.10. The lowest BCUT2D eigenvalue weighted by atomic mass is 9.89. The molecule has 0 saturated carbocycles. The van der Waals surface area contributed by atoms with Gasteiger partial charge in [0.2, 0.25) is 5.91 Å². The molecule has 2 heterocycles. The van der Waals surface area contributed by atoms with Crippen LogP contribution in [0.2, 0.25) is 0 Å². The second kappa shape index (κ2) is 5.66. The van der Waals surface area contributed by atoms with Crippen LogP contribution in [0, 0.1) is 0 Å². The summed E-state index contributed by atoms with van der Waals surface area (Å²) in [7, 11) is 0. The van der Waals surface area contributed by atoms with Gasteiger partial charge in [-0.1, -0.05) is 18.2 Å². The van der Waals surface area contributed by atoms with Crippen molar-refractivity contribution in [3.05, 3.63) is 29.8 Å². The van der Waals surface area contributed by atoms with Crippen molar-refractivity contribution in [1.29, 1.82) is 0 Å². The number of carbonyl (C=O) groups is 1. The van der Waals surface area contributed by atoms with Gasteiger partial charge in [0.1, 0.15) is 5.60 Å². The summed E-state index contributed by atoms with van der Waals surface area (Å²) < 4.78 is 5.39. The molecule has 1 fully saturated rings. The first-order chi connectivity index (χ1) is 10.1. The van der Waals surface area contributed by atoms with Gasteiger partial charge in [-0.05, 0) is 25.0 Å². The first-order valence-electron chi connectivity index (χ1n) is 7.55. The molecule has 2 aliphatic heterocycles. The minimum absolute atomic E-state index is 0.0172. The van der Waals surface area contributed by atoms with Crippen LogP contribution in [-0.2, 0) is 9.53 Å². The molecule has 0 radical (unpaired) electrons. The standard InChI is InChI=1S/C16H22N2O3/c1-11-16(20,7-9-21-11)10-18-15(19)13-6-8-17-14-5-3-2-4-12(13)14/h2-5,11,13,17,20H,6-10H2,1H3,(H,18,19). The predicted octanol–water partition coefficient (Wildman–Crippen LogP) is 1.24. The molecular weight excluding hydrogens is 268 g/mol. The maximum Gasteiger partial charge on any atom is 0.227 e. The van der Waals surface area contributed by atoms with Gasteiger partial charge in [-0.2, -0.15) is 0 Å². The van der Waals surface area contributed by atoms with Gasteiger partial charge in [0.15, 0.2) is 0 Å². The molecule has 0 aliphatic carbocycles. The number of benzene rings is 1. The van der Waals surface area contributed by atoms with Crippen molar-refractivity contribution in [1.82, 2.24) is 5.32 Å². The van der Waals surface area contributed by atoms with Crippen LogP contribution < -0.4 is 10.6 Å². The van der Waals surface area contributed by atoms with Crippen LogP contribution in [0.4, 0.5) is 5.69 Å². The van der Waals surface area contributed by atoms with E-state index in [4.69, 9.17) is 4.74 Å². The smallest absolute Gasteiger partial charge is 0.227 e. The molecule has 5 heteroatoms. The summed E-state index contributed by atoms with van der Waals surface area (Å²) in [6.45, 7) is 3.43. The minimum Gasteiger partial charge on any atom is -0.385 e. The lowest BCUT2D eigenvalue weighted by Crippen LogP contribution is -2.48. The van der Waals surface area contributed by atoms with Crippen molar-refractivity contribution in [3.63, 3.8) is 0 Å². The van der Waals surface area contributed by atoms with Gasteiger partial charge in [-0.25, -0.2) is 0 Å². The fourth-order valence-electron chi connectivity index (χ4n) is 3.11. The summed E-state index contributed by atoms with van der Waals surface area (Å²) in [6, 6.07) is 7.90. The van der Waals surface area contributed by atoms with E-state index in [-0.39, 0.29) is 24.5 Å². The predicted molar refractivity (Wildman–Crippen MR) is 80.3 cm³/mol. The number of anilines is 1. The molecular formula is C16H22N2O3. The molecule has 1 amide bonds. The molecule has 5 nitrogen and oxygen atoms in total. The van der Waals surface area contributed by atoms with Gasteiger partial charge in [0, 0.05) is 31.8 Å². The molecule has 0 spiro atoms. The Bertz CT molecular complexity index is 534. The van der Waals surface area contributed by atoms with Crippen molar-refractivity contribution >= 4 is 11.6 Å². The molecule has 3 atom stereocenters. The largest absolute Gasteiger partial charge is 0.385 e. The van der Waals surface area contributed by atoms with Crippen LogP contribution in [0.5, 0.6) is 0 Å². The van der Waals surface area contributed by atoms with E-state index in [1.165, 1.54) is 0 Å². The van der Waals surface area contributed by atoms with Gasteiger partial charge < -0.3 is 20.5 Å². The average molecular weight is 290 g/mol. The van der Waals surface area contributed by atoms with E-state index >= 15 is 0 Å². The van der Waals surface area contributed by atoms with E-state index < -0.39 is 5.60 Å². The number of fused-ring (bicyclic) bond motifs is 1. The molecule has 1 aromatic rings. The fraction of sp³-hybridized carbons (Fsp3) is 0.562. The first kappa shape index (κ1) is 14.4. The maximum absolute atomic E-state index is 12.5. The third-order valence-electron chi connectivity index (χ3n) is 4.63. The molecule has 1 aromatic carbocycles. The zero-order valence-corrected chi connectivity index (χ0v) is 12.3. The molecule has 21 heavy (non-hydrogen) atoms. The summed E-state index contributed by atoms with van der Waals surface area (Å²) in [5.41, 5.74) is 1.12. The monoisotopic (exact) mass is 290 g/mol. The number of nitrogens with one attached hydrogen (secondary N) is 2. The Hall–Kier alpha value is -1.59. The molecule has 114 valence electrons. The molecule has 1 saturated heterocycles. The number of carbonyl (C=O) groups excluding carboxylic acids is 1. The fourth-order valence-corrected chi connectivity index (χ4v) is 3.11. The van der Waals surface area contributed by atoms with Crippen molar-refractivity contribution in [3.8, 4) is 0 Å². The number of hydrogen-bond acceptors (Lipinski definition) is 4. The van der Waals surface area contributed by atoms with Gasteiger partial charge in [0.05, 0.1) is 12.0 Å². The summed E-state index contributed by atoms with van der Waals surface area (Å²) in [5, 5.41) is 16.7.